The molecule has 3 aromatic rings. The van der Waals surface area contributed by atoms with E-state index in [1.807, 2.05) is 18.2 Å². The largest absolute Gasteiger partial charge is 0.493 e. The number of aliphatic hydroxyl groups is 1. The van der Waals surface area contributed by atoms with Crippen molar-refractivity contribution < 1.29 is 14.6 Å². The lowest BCUT2D eigenvalue weighted by Gasteiger charge is -2.35. The predicted octanol–water partition coefficient (Wildman–Crippen LogP) is 3.14. The molecule has 154 valence electrons. The van der Waals surface area contributed by atoms with Crippen LogP contribution >= 0.6 is 22.9 Å². The topological polar surface area (TPSA) is 71.0 Å². The molecule has 0 unspecified atom stereocenters. The minimum absolute atomic E-state index is 0.178. The van der Waals surface area contributed by atoms with E-state index in [1.54, 1.807) is 25.6 Å². The molecule has 1 aliphatic rings. The Balaban J connectivity index is 1.76. The van der Waals surface area contributed by atoms with Gasteiger partial charge in [0.2, 0.25) is 5.28 Å². The molecule has 0 saturated carbocycles. The third-order valence-corrected chi connectivity index (χ3v) is 6.21. The van der Waals surface area contributed by atoms with Crippen molar-refractivity contribution in [3.05, 3.63) is 28.9 Å². The highest BCUT2D eigenvalue weighted by molar-refractivity contribution is 7.17. The molecule has 9 heteroatoms. The van der Waals surface area contributed by atoms with Crippen molar-refractivity contribution in [3.8, 4) is 22.6 Å². The fourth-order valence-corrected chi connectivity index (χ4v) is 4.82. The van der Waals surface area contributed by atoms with Crippen molar-refractivity contribution in [1.29, 1.82) is 0 Å². The lowest BCUT2D eigenvalue weighted by molar-refractivity contribution is 0.188. The zero-order chi connectivity index (χ0) is 20.4. The lowest BCUT2D eigenvalue weighted by Crippen LogP contribution is -2.47. The Morgan fingerprint density at radius 2 is 1.86 bits per heavy atom. The second kappa shape index (κ2) is 8.71. The Bertz CT molecular complexity index is 1000. The summed E-state index contributed by atoms with van der Waals surface area (Å²) in [5, 5.41) is 12.5. The van der Waals surface area contributed by atoms with Gasteiger partial charge in [-0.2, -0.15) is 4.98 Å². The molecule has 1 N–H and O–H groups in total. The van der Waals surface area contributed by atoms with Crippen molar-refractivity contribution in [3.63, 3.8) is 0 Å². The fraction of sp³-hybridized carbons (Fsp3) is 0.400. The van der Waals surface area contributed by atoms with E-state index in [2.05, 4.69) is 25.1 Å². The molecule has 1 aliphatic heterocycles. The molecule has 1 fully saturated rings. The van der Waals surface area contributed by atoms with Crippen LogP contribution in [0.4, 0.5) is 5.82 Å². The normalized spacial score (nSPS) is 15.1. The van der Waals surface area contributed by atoms with E-state index < -0.39 is 0 Å². The van der Waals surface area contributed by atoms with Gasteiger partial charge < -0.3 is 19.5 Å². The number of methoxy groups -OCH3 is 2. The monoisotopic (exact) mass is 434 g/mol. The molecule has 2 aromatic heterocycles. The summed E-state index contributed by atoms with van der Waals surface area (Å²) in [4.78, 5) is 14.4. The maximum Gasteiger partial charge on any atom is 0.225 e. The second-order valence-corrected chi connectivity index (χ2v) is 7.96. The van der Waals surface area contributed by atoms with E-state index in [0.29, 0.717) is 18.0 Å². The third-order valence-electron chi connectivity index (χ3n) is 5.17. The Morgan fingerprint density at radius 3 is 2.55 bits per heavy atom. The van der Waals surface area contributed by atoms with Gasteiger partial charge in [0.25, 0.3) is 0 Å². The average Bonchev–Trinajstić information content (AvgIpc) is 3.17. The molecule has 0 radical (unpaired) electrons. The molecule has 1 saturated heterocycles. The molecule has 1 aromatic carbocycles. The van der Waals surface area contributed by atoms with E-state index in [9.17, 15) is 5.11 Å². The first kappa shape index (κ1) is 20.2. The smallest absolute Gasteiger partial charge is 0.225 e. The van der Waals surface area contributed by atoms with Gasteiger partial charge in [-0.3, -0.25) is 4.90 Å². The minimum Gasteiger partial charge on any atom is -0.493 e. The van der Waals surface area contributed by atoms with Gasteiger partial charge in [-0.15, -0.1) is 11.3 Å². The van der Waals surface area contributed by atoms with E-state index in [4.69, 9.17) is 21.1 Å². The number of β-amino-alcohol motifs (C(OH)–C–C–N with tert-alkyl or cyclic N) is 1. The number of benzene rings is 1. The molecular formula is C20H23ClN4O3S. The van der Waals surface area contributed by atoms with Crippen molar-refractivity contribution in [2.75, 3.05) is 58.5 Å². The number of nitrogens with zero attached hydrogens (tertiary/aromatic N) is 4. The van der Waals surface area contributed by atoms with Crippen LogP contribution < -0.4 is 14.4 Å². The quantitative estimate of drug-likeness (QED) is 0.597. The van der Waals surface area contributed by atoms with Gasteiger partial charge in [0, 0.05) is 43.7 Å². The first-order valence-corrected chi connectivity index (χ1v) is 10.7. The van der Waals surface area contributed by atoms with Gasteiger partial charge >= 0.3 is 0 Å². The first-order valence-electron chi connectivity index (χ1n) is 9.40. The van der Waals surface area contributed by atoms with Crippen molar-refractivity contribution in [1.82, 2.24) is 14.9 Å². The summed E-state index contributed by atoms with van der Waals surface area (Å²) in [6.45, 7) is 4.27. The number of aromatic nitrogens is 2. The highest BCUT2D eigenvalue weighted by atomic mass is 35.5. The number of hydrogen-bond donors (Lipinski definition) is 1. The van der Waals surface area contributed by atoms with Crippen LogP contribution in [0.5, 0.6) is 11.5 Å². The Kier molecular flexibility index (Phi) is 6.05. The molecule has 0 atom stereocenters. The number of hydrogen-bond acceptors (Lipinski definition) is 8. The highest BCUT2D eigenvalue weighted by Crippen LogP contribution is 2.41. The van der Waals surface area contributed by atoms with Crippen LogP contribution in [0.15, 0.2) is 23.6 Å². The average molecular weight is 435 g/mol. The number of halogens is 1. The summed E-state index contributed by atoms with van der Waals surface area (Å²) in [5.41, 5.74) is 2.07. The van der Waals surface area contributed by atoms with Gasteiger partial charge in [-0.05, 0) is 29.3 Å². The summed E-state index contributed by atoms with van der Waals surface area (Å²) in [5.74, 6) is 2.23. The number of rotatable bonds is 6. The molecule has 0 spiro atoms. The number of ether oxygens (including phenoxy) is 2. The van der Waals surface area contributed by atoms with Gasteiger partial charge in [-0.1, -0.05) is 6.07 Å². The Labute approximate surface area is 178 Å². The van der Waals surface area contributed by atoms with E-state index in [0.717, 1.165) is 53.3 Å². The standard InChI is InChI=1S/C20H23ClN4O3S/c1-27-15-4-3-13(11-16(15)28-2)14-12-29-19-17(14)18(22-20(21)23-19)25-7-5-24(6-8-25)9-10-26/h3-4,11-12,26H,5-10H2,1-2H3. The maximum atomic E-state index is 9.18. The summed E-state index contributed by atoms with van der Waals surface area (Å²) in [6, 6.07) is 5.89. The van der Waals surface area contributed by atoms with Crippen molar-refractivity contribution >= 4 is 39.0 Å². The molecule has 7 nitrogen and oxygen atoms in total. The predicted molar refractivity (Wildman–Crippen MR) is 117 cm³/mol. The molecule has 0 aliphatic carbocycles. The number of anilines is 1. The minimum atomic E-state index is 0.178. The number of aliphatic hydroxyl groups excluding tert-OH is 1. The van der Waals surface area contributed by atoms with Crippen LogP contribution in [0.2, 0.25) is 5.28 Å². The summed E-state index contributed by atoms with van der Waals surface area (Å²) in [6.07, 6.45) is 0. The molecule has 29 heavy (non-hydrogen) atoms. The lowest BCUT2D eigenvalue weighted by atomic mass is 10.0. The summed E-state index contributed by atoms with van der Waals surface area (Å²) >= 11 is 7.80. The SMILES string of the molecule is COc1ccc(-c2csc3nc(Cl)nc(N4CCN(CCO)CC4)c23)cc1OC. The summed E-state index contributed by atoms with van der Waals surface area (Å²) in [7, 11) is 3.26. The van der Waals surface area contributed by atoms with E-state index in [1.165, 1.54) is 0 Å². The van der Waals surface area contributed by atoms with Gasteiger partial charge in [0.1, 0.15) is 10.6 Å². The van der Waals surface area contributed by atoms with Crippen molar-refractivity contribution in [2.45, 2.75) is 0 Å². The first-order chi connectivity index (χ1) is 14.1. The van der Waals surface area contributed by atoms with Crippen LogP contribution in [0.3, 0.4) is 0 Å². The molecule has 3 heterocycles. The number of fused-ring (bicyclic) bond motifs is 1. The highest BCUT2D eigenvalue weighted by Gasteiger charge is 2.23. The van der Waals surface area contributed by atoms with E-state index in [-0.39, 0.29) is 11.9 Å². The molecule has 4 rings (SSSR count). The zero-order valence-corrected chi connectivity index (χ0v) is 18.0. The summed E-state index contributed by atoms with van der Waals surface area (Å²) < 4.78 is 10.8. The van der Waals surface area contributed by atoms with Crippen LogP contribution in [0, 0.1) is 0 Å². The van der Waals surface area contributed by atoms with Gasteiger partial charge in [0.15, 0.2) is 11.5 Å². The van der Waals surface area contributed by atoms with Gasteiger partial charge in [0.05, 0.1) is 26.2 Å². The van der Waals surface area contributed by atoms with Crippen LogP contribution in [-0.2, 0) is 0 Å². The second-order valence-electron chi connectivity index (χ2n) is 6.77. The Morgan fingerprint density at radius 1 is 1.10 bits per heavy atom. The fourth-order valence-electron chi connectivity index (χ4n) is 3.67. The van der Waals surface area contributed by atoms with E-state index >= 15 is 0 Å². The van der Waals surface area contributed by atoms with Crippen LogP contribution in [-0.4, -0.2) is 73.5 Å². The van der Waals surface area contributed by atoms with Crippen molar-refractivity contribution in [2.24, 2.45) is 0 Å². The maximum absolute atomic E-state index is 9.18. The number of piperazine rings is 1. The number of thiophene rings is 1. The van der Waals surface area contributed by atoms with Crippen LogP contribution in [0.25, 0.3) is 21.3 Å². The van der Waals surface area contributed by atoms with Crippen LogP contribution in [0.1, 0.15) is 0 Å². The Hall–Kier alpha value is -2.13. The molecular weight excluding hydrogens is 412 g/mol. The van der Waals surface area contributed by atoms with Gasteiger partial charge in [-0.25, -0.2) is 4.98 Å². The zero-order valence-electron chi connectivity index (χ0n) is 16.4. The molecule has 0 amide bonds. The third kappa shape index (κ3) is 3.98. The molecule has 0 bridgehead atoms.